The molecule has 358 valence electrons. The molecule has 0 saturated carbocycles. The summed E-state index contributed by atoms with van der Waals surface area (Å²) in [6, 6.07) is 0. The minimum absolute atomic E-state index is 0.107. The number of hydrogen-bond donors (Lipinski definition) is 0. The van der Waals surface area contributed by atoms with Crippen molar-refractivity contribution in [1.29, 1.82) is 0 Å². The van der Waals surface area contributed by atoms with Gasteiger partial charge in [-0.2, -0.15) is 0 Å². The van der Waals surface area contributed by atoms with Crippen molar-refractivity contribution in [3.05, 3.63) is 60.8 Å². The van der Waals surface area contributed by atoms with Crippen molar-refractivity contribution < 1.29 is 28.6 Å². The summed E-state index contributed by atoms with van der Waals surface area (Å²) in [5.41, 5.74) is 0. The maximum atomic E-state index is 12.8. The SMILES string of the molecule is CC/C=C\C/C=C\C/C=C\CC(=O)OCC(COC(=O)CCCCCCC/C=C\CCCCCCCCCCC)OC(=O)CCCCCCCCC/C=C\CCCCCCCC. The number of carbonyl (C=O) groups is 3. The van der Waals surface area contributed by atoms with Gasteiger partial charge in [-0.3, -0.25) is 14.4 Å². The zero-order valence-electron chi connectivity index (χ0n) is 40.9. The van der Waals surface area contributed by atoms with Crippen LogP contribution in [0, 0.1) is 0 Å². The third-order valence-electron chi connectivity index (χ3n) is 11.3. The topological polar surface area (TPSA) is 78.9 Å². The average molecular weight is 867 g/mol. The summed E-state index contributed by atoms with van der Waals surface area (Å²) in [7, 11) is 0. The predicted molar refractivity (Wildman–Crippen MR) is 265 cm³/mol. The van der Waals surface area contributed by atoms with Crippen LogP contribution >= 0.6 is 0 Å². The lowest BCUT2D eigenvalue weighted by Crippen LogP contribution is -2.30. The molecule has 6 heteroatoms. The van der Waals surface area contributed by atoms with E-state index in [0.717, 1.165) is 64.2 Å². The van der Waals surface area contributed by atoms with Gasteiger partial charge in [0.05, 0.1) is 6.42 Å². The van der Waals surface area contributed by atoms with Crippen LogP contribution in [0.2, 0.25) is 0 Å². The van der Waals surface area contributed by atoms with Crippen LogP contribution in [0.3, 0.4) is 0 Å². The van der Waals surface area contributed by atoms with Gasteiger partial charge < -0.3 is 14.2 Å². The largest absolute Gasteiger partial charge is 0.462 e. The van der Waals surface area contributed by atoms with E-state index in [1.54, 1.807) is 6.08 Å². The number of carbonyl (C=O) groups excluding carboxylic acids is 3. The smallest absolute Gasteiger partial charge is 0.309 e. The minimum atomic E-state index is -0.813. The van der Waals surface area contributed by atoms with Gasteiger partial charge in [0.1, 0.15) is 13.2 Å². The van der Waals surface area contributed by atoms with E-state index < -0.39 is 12.1 Å². The zero-order valence-corrected chi connectivity index (χ0v) is 40.9. The van der Waals surface area contributed by atoms with Crippen LogP contribution in [0.5, 0.6) is 0 Å². The van der Waals surface area contributed by atoms with E-state index >= 15 is 0 Å². The molecule has 1 atom stereocenters. The first-order valence-corrected chi connectivity index (χ1v) is 26.3. The Bertz CT molecular complexity index is 1130. The second-order valence-corrected chi connectivity index (χ2v) is 17.4. The normalized spacial score (nSPS) is 12.5. The molecule has 0 aromatic carbocycles. The van der Waals surface area contributed by atoms with Gasteiger partial charge in [-0.05, 0) is 83.5 Å². The molecule has 62 heavy (non-hydrogen) atoms. The van der Waals surface area contributed by atoms with E-state index in [-0.39, 0.29) is 31.6 Å². The molecule has 6 nitrogen and oxygen atoms in total. The molecule has 1 unspecified atom stereocenters. The number of ether oxygens (including phenoxy) is 3. The molecule has 0 heterocycles. The fourth-order valence-electron chi connectivity index (χ4n) is 7.32. The lowest BCUT2D eigenvalue weighted by molar-refractivity contribution is -0.166. The first-order valence-electron chi connectivity index (χ1n) is 26.3. The van der Waals surface area contributed by atoms with Crippen molar-refractivity contribution in [1.82, 2.24) is 0 Å². The van der Waals surface area contributed by atoms with E-state index in [4.69, 9.17) is 14.2 Å². The third kappa shape index (κ3) is 48.1. The van der Waals surface area contributed by atoms with Crippen molar-refractivity contribution in [3.8, 4) is 0 Å². The average Bonchev–Trinajstić information content (AvgIpc) is 3.27. The van der Waals surface area contributed by atoms with Gasteiger partial charge in [0, 0.05) is 12.8 Å². The molecule has 0 aliphatic heterocycles. The fourth-order valence-corrected chi connectivity index (χ4v) is 7.32. The molecule has 0 bridgehead atoms. The number of esters is 3. The molecule has 0 spiro atoms. The van der Waals surface area contributed by atoms with E-state index in [9.17, 15) is 14.4 Å². The van der Waals surface area contributed by atoms with E-state index in [0.29, 0.717) is 12.8 Å². The highest BCUT2D eigenvalue weighted by Gasteiger charge is 2.19. The summed E-state index contributed by atoms with van der Waals surface area (Å²) in [4.78, 5) is 37.8. The van der Waals surface area contributed by atoms with Gasteiger partial charge in [-0.25, -0.2) is 0 Å². The Hall–Kier alpha value is -2.89. The van der Waals surface area contributed by atoms with Crippen molar-refractivity contribution >= 4 is 17.9 Å². The van der Waals surface area contributed by atoms with Crippen LogP contribution in [0.15, 0.2) is 60.8 Å². The van der Waals surface area contributed by atoms with Gasteiger partial charge in [-0.1, -0.05) is 216 Å². The van der Waals surface area contributed by atoms with Crippen molar-refractivity contribution in [2.45, 2.75) is 264 Å². The van der Waals surface area contributed by atoms with E-state index in [1.807, 2.05) is 6.08 Å². The molecule has 0 saturated heterocycles. The standard InChI is InChI=1S/C56H98O6/c1-4-7-10-13-16-19-21-23-25-27-29-30-32-34-37-40-43-46-49-55(58)61-52-53(51-60-54(57)48-45-42-39-36-18-15-12-9-6-3)62-56(59)50-47-44-41-38-35-33-31-28-26-24-22-20-17-14-11-8-5-2/h9,12,18,24,26,29-30,36,42,45,53H,4-8,10-11,13-17,19-23,25,27-28,31-35,37-41,43-44,46-52H2,1-3H3/b12-9-,26-24-,30-29-,36-18-,45-42-. The van der Waals surface area contributed by atoms with Gasteiger partial charge in [0.25, 0.3) is 0 Å². The van der Waals surface area contributed by atoms with Crippen LogP contribution in [-0.4, -0.2) is 37.2 Å². The molecule has 0 fully saturated rings. The van der Waals surface area contributed by atoms with Crippen LogP contribution in [0.25, 0.3) is 0 Å². The van der Waals surface area contributed by atoms with Crippen molar-refractivity contribution in [2.24, 2.45) is 0 Å². The summed E-state index contributed by atoms with van der Waals surface area (Å²) in [6.45, 7) is 6.42. The number of rotatable bonds is 47. The number of hydrogen-bond acceptors (Lipinski definition) is 6. The monoisotopic (exact) mass is 867 g/mol. The molecular weight excluding hydrogens is 769 g/mol. The highest BCUT2D eigenvalue weighted by molar-refractivity contribution is 5.72. The molecule has 0 aliphatic carbocycles. The van der Waals surface area contributed by atoms with Gasteiger partial charge in [-0.15, -0.1) is 0 Å². The van der Waals surface area contributed by atoms with Crippen LogP contribution < -0.4 is 0 Å². The predicted octanol–water partition coefficient (Wildman–Crippen LogP) is 17.3. The molecule has 0 rings (SSSR count). The summed E-state index contributed by atoms with van der Waals surface area (Å²) in [6.07, 6.45) is 62.5. The van der Waals surface area contributed by atoms with Gasteiger partial charge in [0.2, 0.25) is 0 Å². The Labute approximate surface area is 383 Å². The Morgan fingerprint density at radius 3 is 1.11 bits per heavy atom. The summed E-state index contributed by atoms with van der Waals surface area (Å²) in [5, 5.41) is 0. The highest BCUT2D eigenvalue weighted by atomic mass is 16.6. The Balaban J connectivity index is 4.35. The molecule has 0 amide bonds. The van der Waals surface area contributed by atoms with E-state index in [1.165, 1.54) is 154 Å². The second-order valence-electron chi connectivity index (χ2n) is 17.4. The summed E-state index contributed by atoms with van der Waals surface area (Å²) < 4.78 is 16.7. The lowest BCUT2D eigenvalue weighted by Gasteiger charge is -2.18. The maximum absolute atomic E-state index is 12.8. The first kappa shape index (κ1) is 59.1. The van der Waals surface area contributed by atoms with Gasteiger partial charge in [0.15, 0.2) is 6.10 Å². The van der Waals surface area contributed by atoms with Crippen LogP contribution in [0.1, 0.15) is 258 Å². The van der Waals surface area contributed by atoms with Gasteiger partial charge >= 0.3 is 17.9 Å². The molecule has 0 radical (unpaired) electrons. The summed E-state index contributed by atoms with van der Waals surface area (Å²) >= 11 is 0. The third-order valence-corrected chi connectivity index (χ3v) is 11.3. The fraction of sp³-hybridized carbons (Fsp3) is 0.768. The Morgan fingerprint density at radius 1 is 0.355 bits per heavy atom. The summed E-state index contributed by atoms with van der Waals surface area (Å²) in [5.74, 6) is -1.04. The Kier molecular flexibility index (Phi) is 48.4. The minimum Gasteiger partial charge on any atom is -0.462 e. The molecule has 0 N–H and O–H groups in total. The highest BCUT2D eigenvalue weighted by Crippen LogP contribution is 2.14. The van der Waals surface area contributed by atoms with Crippen molar-refractivity contribution in [3.63, 3.8) is 0 Å². The number of unbranched alkanes of at least 4 members (excludes halogenated alkanes) is 27. The lowest BCUT2D eigenvalue weighted by atomic mass is 10.1. The molecular formula is C56H98O6. The molecule has 0 aliphatic rings. The van der Waals surface area contributed by atoms with E-state index in [2.05, 4.69) is 69.4 Å². The van der Waals surface area contributed by atoms with Crippen molar-refractivity contribution in [2.75, 3.05) is 13.2 Å². The maximum Gasteiger partial charge on any atom is 0.309 e. The number of allylic oxidation sites excluding steroid dienone is 9. The van der Waals surface area contributed by atoms with Crippen LogP contribution in [-0.2, 0) is 28.6 Å². The zero-order chi connectivity index (χ0) is 45.1. The Morgan fingerprint density at radius 2 is 0.694 bits per heavy atom. The first-order chi connectivity index (χ1) is 30.5. The molecule has 0 aromatic heterocycles. The molecule has 0 aromatic rings. The van der Waals surface area contributed by atoms with Crippen LogP contribution in [0.4, 0.5) is 0 Å². The second kappa shape index (κ2) is 50.8. The quantitative estimate of drug-likeness (QED) is 0.0262.